The molecule has 138 valence electrons. The monoisotopic (exact) mass is 355 g/mol. The Hall–Kier alpha value is -2.56. The van der Waals surface area contributed by atoms with Gasteiger partial charge in [-0.1, -0.05) is 56.5 Å². The lowest BCUT2D eigenvalue weighted by Gasteiger charge is -2.27. The number of ether oxygens (including phenoxy) is 2. The SMILES string of the molecule is CCCCCCOC(=O)C1=C(C)NC2=C(C(=O)OC2)C1c1ccccc1. The first-order valence-corrected chi connectivity index (χ1v) is 9.23. The van der Waals surface area contributed by atoms with Gasteiger partial charge in [-0.25, -0.2) is 9.59 Å². The largest absolute Gasteiger partial charge is 0.462 e. The van der Waals surface area contributed by atoms with Crippen molar-refractivity contribution in [2.75, 3.05) is 13.2 Å². The standard InChI is InChI=1S/C21H25NO4/c1-3-4-5-9-12-25-20(23)17-14(2)22-16-13-26-21(24)19(16)18(17)15-10-7-6-8-11-15/h6-8,10-11,18,22H,3-5,9,12-13H2,1-2H3. The molecular formula is C21H25NO4. The molecule has 1 aromatic rings. The van der Waals surface area contributed by atoms with Crippen molar-refractivity contribution in [3.8, 4) is 0 Å². The van der Waals surface area contributed by atoms with E-state index in [1.807, 2.05) is 37.3 Å². The van der Waals surface area contributed by atoms with E-state index < -0.39 is 5.92 Å². The van der Waals surface area contributed by atoms with Crippen molar-refractivity contribution in [2.24, 2.45) is 0 Å². The highest BCUT2D eigenvalue weighted by atomic mass is 16.5. The average Bonchev–Trinajstić information content (AvgIpc) is 3.01. The maximum atomic E-state index is 12.8. The summed E-state index contributed by atoms with van der Waals surface area (Å²) in [6.45, 7) is 4.60. The predicted octanol–water partition coefficient (Wildman–Crippen LogP) is 3.58. The van der Waals surface area contributed by atoms with Gasteiger partial charge < -0.3 is 14.8 Å². The minimum atomic E-state index is -0.453. The fraction of sp³-hybridized carbons (Fsp3) is 0.429. The van der Waals surface area contributed by atoms with Crippen LogP contribution in [-0.2, 0) is 19.1 Å². The molecule has 0 radical (unpaired) electrons. The molecule has 1 N–H and O–H groups in total. The van der Waals surface area contributed by atoms with Gasteiger partial charge >= 0.3 is 11.9 Å². The number of dihydropyridines is 1. The molecule has 3 rings (SSSR count). The van der Waals surface area contributed by atoms with Gasteiger partial charge in [0.25, 0.3) is 0 Å². The minimum absolute atomic E-state index is 0.216. The third kappa shape index (κ3) is 3.66. The van der Waals surface area contributed by atoms with E-state index in [0.29, 0.717) is 17.8 Å². The first-order valence-electron chi connectivity index (χ1n) is 9.23. The zero-order chi connectivity index (χ0) is 18.5. The predicted molar refractivity (Wildman–Crippen MR) is 98.1 cm³/mol. The van der Waals surface area contributed by atoms with Crippen LogP contribution in [0, 0.1) is 0 Å². The van der Waals surface area contributed by atoms with Crippen LogP contribution in [0.1, 0.15) is 51.0 Å². The summed E-state index contributed by atoms with van der Waals surface area (Å²) in [7, 11) is 0. The molecule has 1 unspecified atom stereocenters. The lowest BCUT2D eigenvalue weighted by Crippen LogP contribution is -2.30. The number of rotatable bonds is 7. The number of hydrogen-bond donors (Lipinski definition) is 1. The summed E-state index contributed by atoms with van der Waals surface area (Å²) in [6, 6.07) is 9.57. The average molecular weight is 355 g/mol. The Morgan fingerprint density at radius 3 is 2.73 bits per heavy atom. The van der Waals surface area contributed by atoms with Gasteiger partial charge in [0.15, 0.2) is 0 Å². The highest BCUT2D eigenvalue weighted by Gasteiger charge is 2.41. The van der Waals surface area contributed by atoms with Crippen LogP contribution in [0.2, 0.25) is 0 Å². The van der Waals surface area contributed by atoms with Crippen molar-refractivity contribution in [3.63, 3.8) is 0 Å². The van der Waals surface area contributed by atoms with Crippen LogP contribution in [0.5, 0.6) is 0 Å². The van der Waals surface area contributed by atoms with Crippen molar-refractivity contribution in [2.45, 2.75) is 45.4 Å². The number of esters is 2. The van der Waals surface area contributed by atoms with Gasteiger partial charge in [-0.3, -0.25) is 0 Å². The zero-order valence-electron chi connectivity index (χ0n) is 15.3. The summed E-state index contributed by atoms with van der Waals surface area (Å²) in [5.41, 5.74) is 3.34. The van der Waals surface area contributed by atoms with Crippen molar-refractivity contribution in [1.82, 2.24) is 5.32 Å². The molecule has 2 heterocycles. The second-order valence-electron chi connectivity index (χ2n) is 6.67. The fourth-order valence-electron chi connectivity index (χ4n) is 3.49. The van der Waals surface area contributed by atoms with E-state index in [-0.39, 0.29) is 18.5 Å². The molecule has 0 spiro atoms. The molecule has 2 aliphatic rings. The lowest BCUT2D eigenvalue weighted by molar-refractivity contribution is -0.139. The molecule has 1 atom stereocenters. The molecule has 0 bridgehead atoms. The van der Waals surface area contributed by atoms with Crippen molar-refractivity contribution < 1.29 is 19.1 Å². The third-order valence-corrected chi connectivity index (χ3v) is 4.80. The number of carbonyl (C=O) groups is 2. The Kier molecular flexibility index (Phi) is 5.76. The molecule has 0 aliphatic carbocycles. The van der Waals surface area contributed by atoms with E-state index in [0.717, 1.165) is 42.6 Å². The molecule has 5 nitrogen and oxygen atoms in total. The highest BCUT2D eigenvalue weighted by Crippen LogP contribution is 2.41. The van der Waals surface area contributed by atoms with Gasteiger partial charge in [-0.2, -0.15) is 0 Å². The maximum absolute atomic E-state index is 12.8. The first-order chi connectivity index (χ1) is 12.6. The maximum Gasteiger partial charge on any atom is 0.337 e. The Morgan fingerprint density at radius 2 is 2.00 bits per heavy atom. The van der Waals surface area contributed by atoms with Gasteiger partial charge in [0, 0.05) is 5.70 Å². The summed E-state index contributed by atoms with van der Waals surface area (Å²) in [5.74, 6) is -1.20. The van der Waals surface area contributed by atoms with Gasteiger partial charge in [0.05, 0.1) is 29.4 Å². The molecule has 0 amide bonds. The summed E-state index contributed by atoms with van der Waals surface area (Å²) in [6.07, 6.45) is 4.17. The molecular weight excluding hydrogens is 330 g/mol. The first kappa shape index (κ1) is 18.2. The number of cyclic esters (lactones) is 1. The van der Waals surface area contributed by atoms with Crippen LogP contribution in [0.4, 0.5) is 0 Å². The normalized spacial score (nSPS) is 19.2. The summed E-state index contributed by atoms with van der Waals surface area (Å²) in [4.78, 5) is 25.1. The van der Waals surface area contributed by atoms with Crippen molar-refractivity contribution in [1.29, 1.82) is 0 Å². The molecule has 2 aliphatic heterocycles. The topological polar surface area (TPSA) is 64.6 Å². The Balaban J connectivity index is 1.85. The number of carbonyl (C=O) groups excluding carboxylic acids is 2. The van der Waals surface area contributed by atoms with Gasteiger partial charge in [-0.15, -0.1) is 0 Å². The van der Waals surface area contributed by atoms with Crippen LogP contribution in [0.25, 0.3) is 0 Å². The molecule has 0 aromatic heterocycles. The molecule has 0 saturated heterocycles. The highest BCUT2D eigenvalue weighted by molar-refractivity contribution is 6.01. The smallest absolute Gasteiger partial charge is 0.337 e. The number of hydrogen-bond acceptors (Lipinski definition) is 5. The van der Waals surface area contributed by atoms with Crippen LogP contribution in [-0.4, -0.2) is 25.2 Å². The van der Waals surface area contributed by atoms with E-state index in [9.17, 15) is 9.59 Å². The van der Waals surface area contributed by atoms with Crippen LogP contribution < -0.4 is 5.32 Å². The van der Waals surface area contributed by atoms with E-state index >= 15 is 0 Å². The Bertz CT molecular complexity index is 749. The number of nitrogens with one attached hydrogen (secondary N) is 1. The summed E-state index contributed by atoms with van der Waals surface area (Å²) >= 11 is 0. The summed E-state index contributed by atoms with van der Waals surface area (Å²) < 4.78 is 10.7. The van der Waals surface area contributed by atoms with E-state index in [2.05, 4.69) is 12.2 Å². The number of unbranched alkanes of at least 4 members (excludes halogenated alkanes) is 3. The number of allylic oxidation sites excluding steroid dienone is 1. The van der Waals surface area contributed by atoms with Crippen molar-refractivity contribution in [3.05, 3.63) is 58.4 Å². The second kappa shape index (κ2) is 8.21. The van der Waals surface area contributed by atoms with Crippen molar-refractivity contribution >= 4 is 11.9 Å². The molecule has 0 saturated carbocycles. The molecule has 1 aromatic carbocycles. The van der Waals surface area contributed by atoms with E-state index in [4.69, 9.17) is 9.47 Å². The second-order valence-corrected chi connectivity index (χ2v) is 6.67. The Morgan fingerprint density at radius 1 is 1.23 bits per heavy atom. The van der Waals surface area contributed by atoms with Crippen LogP contribution >= 0.6 is 0 Å². The Labute approximate surface area is 154 Å². The molecule has 0 fully saturated rings. The van der Waals surface area contributed by atoms with E-state index in [1.165, 1.54) is 0 Å². The van der Waals surface area contributed by atoms with E-state index in [1.54, 1.807) is 0 Å². The van der Waals surface area contributed by atoms with Crippen LogP contribution in [0.15, 0.2) is 52.9 Å². The lowest BCUT2D eigenvalue weighted by atomic mass is 9.81. The third-order valence-electron chi connectivity index (χ3n) is 4.80. The van der Waals surface area contributed by atoms with Gasteiger partial charge in [0.1, 0.15) is 6.61 Å². The van der Waals surface area contributed by atoms with Gasteiger partial charge in [-0.05, 0) is 18.9 Å². The molecule has 5 heteroatoms. The minimum Gasteiger partial charge on any atom is -0.462 e. The quantitative estimate of drug-likeness (QED) is 0.598. The fourth-order valence-corrected chi connectivity index (χ4v) is 3.49. The summed E-state index contributed by atoms with van der Waals surface area (Å²) in [5, 5.41) is 3.16. The zero-order valence-corrected chi connectivity index (χ0v) is 15.3. The van der Waals surface area contributed by atoms with Gasteiger partial charge in [0.2, 0.25) is 0 Å². The van der Waals surface area contributed by atoms with Crippen LogP contribution in [0.3, 0.4) is 0 Å². The number of benzene rings is 1. The molecule has 26 heavy (non-hydrogen) atoms.